The quantitative estimate of drug-likeness (QED) is 0.776. The van der Waals surface area contributed by atoms with E-state index in [0.29, 0.717) is 6.42 Å². The number of aryl methyl sites for hydroxylation is 1. The first-order valence-corrected chi connectivity index (χ1v) is 9.68. The minimum absolute atomic E-state index is 0.00729. The first-order valence-electron chi connectivity index (χ1n) is 8.70. The van der Waals surface area contributed by atoms with Crippen LogP contribution >= 0.6 is 11.8 Å². The van der Waals surface area contributed by atoms with Crippen LogP contribution in [0, 0.1) is 6.92 Å². The van der Waals surface area contributed by atoms with Gasteiger partial charge in [-0.3, -0.25) is 4.79 Å². The molecule has 1 N–H and O–H groups in total. The summed E-state index contributed by atoms with van der Waals surface area (Å²) in [5, 5.41) is 3.21. The number of hydrogen-bond acceptors (Lipinski definition) is 3. The SMILES string of the molecule is Cc1ccc2c(c1)C(NC(=O)CCSc1ccccc1)CC(C)(C)O2. The summed E-state index contributed by atoms with van der Waals surface area (Å²) in [6, 6.07) is 16.4. The molecule has 0 spiro atoms. The molecule has 3 nitrogen and oxygen atoms in total. The molecule has 0 saturated carbocycles. The molecule has 1 atom stereocenters. The van der Waals surface area contributed by atoms with E-state index in [1.165, 1.54) is 10.5 Å². The molecule has 25 heavy (non-hydrogen) atoms. The third-order valence-corrected chi connectivity index (χ3v) is 5.31. The molecule has 0 saturated heterocycles. The number of hydrogen-bond donors (Lipinski definition) is 1. The number of rotatable bonds is 5. The highest BCUT2D eigenvalue weighted by Crippen LogP contribution is 2.39. The summed E-state index contributed by atoms with van der Waals surface area (Å²) in [7, 11) is 0. The Morgan fingerprint density at radius 1 is 1.24 bits per heavy atom. The first kappa shape index (κ1) is 17.9. The smallest absolute Gasteiger partial charge is 0.221 e. The van der Waals surface area contributed by atoms with Crippen molar-refractivity contribution >= 4 is 17.7 Å². The van der Waals surface area contributed by atoms with Crippen LogP contribution in [0.25, 0.3) is 0 Å². The number of carbonyl (C=O) groups excluding carboxylic acids is 1. The fourth-order valence-corrected chi connectivity index (χ4v) is 4.02. The second-order valence-corrected chi connectivity index (χ2v) is 8.31. The van der Waals surface area contributed by atoms with Crippen LogP contribution in [0.1, 0.15) is 43.9 Å². The number of ether oxygens (including phenoxy) is 1. The monoisotopic (exact) mass is 355 g/mol. The summed E-state index contributed by atoms with van der Waals surface area (Å²) in [4.78, 5) is 13.6. The number of nitrogens with one attached hydrogen (secondary N) is 1. The lowest BCUT2D eigenvalue weighted by Gasteiger charge is -2.38. The van der Waals surface area contributed by atoms with Crippen molar-refractivity contribution in [1.29, 1.82) is 0 Å². The molecule has 1 aliphatic heterocycles. The molecule has 4 heteroatoms. The Morgan fingerprint density at radius 3 is 2.76 bits per heavy atom. The minimum atomic E-state index is -0.279. The highest BCUT2D eigenvalue weighted by Gasteiger charge is 2.34. The van der Waals surface area contributed by atoms with Crippen molar-refractivity contribution in [2.24, 2.45) is 0 Å². The van der Waals surface area contributed by atoms with Gasteiger partial charge in [0.25, 0.3) is 0 Å². The standard InChI is InChI=1S/C21H25NO2S/c1-15-9-10-19-17(13-15)18(14-21(2,3)24-19)22-20(23)11-12-25-16-7-5-4-6-8-16/h4-10,13,18H,11-12,14H2,1-3H3,(H,22,23). The lowest BCUT2D eigenvalue weighted by molar-refractivity contribution is -0.121. The Bertz CT molecular complexity index is 743. The van der Waals surface area contributed by atoms with E-state index < -0.39 is 0 Å². The van der Waals surface area contributed by atoms with E-state index in [0.717, 1.165) is 23.5 Å². The van der Waals surface area contributed by atoms with Crippen molar-refractivity contribution in [2.75, 3.05) is 5.75 Å². The molecule has 1 aliphatic rings. The predicted molar refractivity (Wildman–Crippen MR) is 103 cm³/mol. The van der Waals surface area contributed by atoms with E-state index in [9.17, 15) is 4.79 Å². The third kappa shape index (κ3) is 4.79. The Morgan fingerprint density at radius 2 is 2.00 bits per heavy atom. The van der Waals surface area contributed by atoms with Crippen molar-refractivity contribution in [3.8, 4) is 5.75 Å². The molecule has 132 valence electrons. The molecular formula is C21H25NO2S. The average Bonchev–Trinajstić information content (AvgIpc) is 2.56. The third-order valence-electron chi connectivity index (χ3n) is 4.30. The summed E-state index contributed by atoms with van der Waals surface area (Å²) < 4.78 is 6.07. The van der Waals surface area contributed by atoms with Crippen molar-refractivity contribution < 1.29 is 9.53 Å². The van der Waals surface area contributed by atoms with Crippen LogP contribution in [0.2, 0.25) is 0 Å². The summed E-state index contributed by atoms with van der Waals surface area (Å²) in [6.07, 6.45) is 1.29. The largest absolute Gasteiger partial charge is 0.487 e. The first-order chi connectivity index (χ1) is 11.9. The van der Waals surface area contributed by atoms with Crippen LogP contribution in [-0.2, 0) is 4.79 Å². The second-order valence-electron chi connectivity index (χ2n) is 7.14. The van der Waals surface area contributed by atoms with Crippen molar-refractivity contribution in [2.45, 2.75) is 50.2 Å². The highest BCUT2D eigenvalue weighted by molar-refractivity contribution is 7.99. The zero-order valence-corrected chi connectivity index (χ0v) is 15.9. The maximum absolute atomic E-state index is 12.4. The minimum Gasteiger partial charge on any atom is -0.487 e. The normalized spacial score (nSPS) is 18.1. The topological polar surface area (TPSA) is 38.3 Å². The van der Waals surface area contributed by atoms with Crippen LogP contribution in [-0.4, -0.2) is 17.3 Å². The van der Waals surface area contributed by atoms with Gasteiger partial charge in [-0.05, 0) is 39.0 Å². The van der Waals surface area contributed by atoms with Crippen molar-refractivity contribution in [3.63, 3.8) is 0 Å². The maximum Gasteiger partial charge on any atom is 0.221 e. The molecule has 0 aliphatic carbocycles. The van der Waals surface area contributed by atoms with Gasteiger partial charge in [-0.1, -0.05) is 35.9 Å². The lowest BCUT2D eigenvalue weighted by atomic mass is 9.89. The van der Waals surface area contributed by atoms with Gasteiger partial charge in [-0.25, -0.2) is 0 Å². The van der Waals surface area contributed by atoms with Crippen molar-refractivity contribution in [3.05, 3.63) is 59.7 Å². The van der Waals surface area contributed by atoms with E-state index in [1.54, 1.807) is 11.8 Å². The van der Waals surface area contributed by atoms with Gasteiger partial charge >= 0.3 is 0 Å². The van der Waals surface area contributed by atoms with Crippen LogP contribution in [0.4, 0.5) is 0 Å². The molecule has 2 aromatic carbocycles. The maximum atomic E-state index is 12.4. The Hall–Kier alpha value is -1.94. The molecule has 2 aromatic rings. The fourth-order valence-electron chi connectivity index (χ4n) is 3.15. The Labute approximate surface area is 154 Å². The number of fused-ring (bicyclic) bond motifs is 1. The lowest BCUT2D eigenvalue weighted by Crippen LogP contribution is -2.41. The van der Waals surface area contributed by atoms with E-state index in [1.807, 2.05) is 24.3 Å². The number of amides is 1. The molecule has 0 aromatic heterocycles. The van der Waals surface area contributed by atoms with Crippen molar-refractivity contribution in [1.82, 2.24) is 5.32 Å². The number of benzene rings is 2. The van der Waals surface area contributed by atoms with E-state index >= 15 is 0 Å². The van der Waals surface area contributed by atoms with Gasteiger partial charge in [-0.2, -0.15) is 0 Å². The molecule has 0 bridgehead atoms. The molecule has 3 rings (SSSR count). The molecule has 0 fully saturated rings. The van der Waals surface area contributed by atoms with E-state index in [4.69, 9.17) is 4.74 Å². The van der Waals surface area contributed by atoms with E-state index in [-0.39, 0.29) is 17.6 Å². The number of thioether (sulfide) groups is 1. The van der Waals surface area contributed by atoms with Crippen LogP contribution in [0.15, 0.2) is 53.4 Å². The molecular weight excluding hydrogens is 330 g/mol. The van der Waals surface area contributed by atoms with Gasteiger partial charge in [0, 0.05) is 29.1 Å². The highest BCUT2D eigenvalue weighted by atomic mass is 32.2. The zero-order valence-electron chi connectivity index (χ0n) is 15.0. The Balaban J connectivity index is 1.61. The fraction of sp³-hybridized carbons (Fsp3) is 0.381. The molecule has 1 amide bonds. The number of carbonyl (C=O) groups is 1. The second kappa shape index (κ2) is 7.52. The summed E-state index contributed by atoms with van der Waals surface area (Å²) in [6.45, 7) is 6.20. The predicted octanol–water partition coefficient (Wildman–Crippen LogP) is 4.90. The van der Waals surface area contributed by atoms with Crippen LogP contribution in [0.3, 0.4) is 0 Å². The van der Waals surface area contributed by atoms with Gasteiger partial charge in [0.1, 0.15) is 11.4 Å². The summed E-state index contributed by atoms with van der Waals surface area (Å²) in [5.74, 6) is 1.76. The zero-order chi connectivity index (χ0) is 17.9. The van der Waals surface area contributed by atoms with Gasteiger partial charge in [0.15, 0.2) is 0 Å². The molecule has 0 radical (unpaired) electrons. The summed E-state index contributed by atoms with van der Waals surface area (Å²) >= 11 is 1.71. The van der Waals surface area contributed by atoms with Crippen LogP contribution < -0.4 is 10.1 Å². The van der Waals surface area contributed by atoms with Gasteiger partial charge in [-0.15, -0.1) is 11.8 Å². The summed E-state index contributed by atoms with van der Waals surface area (Å²) in [5.41, 5.74) is 1.99. The van der Waals surface area contributed by atoms with Gasteiger partial charge in [0.05, 0.1) is 6.04 Å². The van der Waals surface area contributed by atoms with Gasteiger partial charge < -0.3 is 10.1 Å². The van der Waals surface area contributed by atoms with Crippen LogP contribution in [0.5, 0.6) is 5.75 Å². The Kier molecular flexibility index (Phi) is 5.38. The average molecular weight is 356 g/mol. The van der Waals surface area contributed by atoms with E-state index in [2.05, 4.69) is 50.4 Å². The molecule has 1 unspecified atom stereocenters. The van der Waals surface area contributed by atoms with Gasteiger partial charge in [0.2, 0.25) is 5.91 Å². The molecule has 1 heterocycles.